The van der Waals surface area contributed by atoms with Crippen LogP contribution in [0.1, 0.15) is 22.1 Å². The van der Waals surface area contributed by atoms with Crippen LogP contribution in [0, 0.1) is 17.0 Å². The van der Waals surface area contributed by atoms with E-state index in [1.165, 1.54) is 18.2 Å². The third-order valence-corrected chi connectivity index (χ3v) is 2.45. The van der Waals surface area contributed by atoms with E-state index in [0.717, 1.165) is 0 Å². The molecule has 2 rings (SSSR count). The van der Waals surface area contributed by atoms with Gasteiger partial charge in [0.15, 0.2) is 5.82 Å². The molecule has 0 aliphatic rings. The van der Waals surface area contributed by atoms with Crippen molar-refractivity contribution in [1.82, 2.24) is 10.1 Å². The average Bonchev–Trinajstić information content (AvgIpc) is 2.81. The first kappa shape index (κ1) is 13.5. The number of hydrogen-bond donors (Lipinski definition) is 2. The molecule has 0 radical (unpaired) electrons. The summed E-state index contributed by atoms with van der Waals surface area (Å²) in [5, 5.41) is 26.3. The lowest BCUT2D eigenvalue weighted by molar-refractivity contribution is -0.384. The number of aryl methyl sites for hydroxylation is 1. The zero-order chi connectivity index (χ0) is 14.7. The van der Waals surface area contributed by atoms with Crippen LogP contribution in [0.3, 0.4) is 0 Å². The Bertz CT molecular complexity index is 667. The summed E-state index contributed by atoms with van der Waals surface area (Å²) < 4.78 is 4.85. The smallest absolute Gasteiger partial charge is 0.342 e. The van der Waals surface area contributed by atoms with E-state index in [-0.39, 0.29) is 23.7 Å². The van der Waals surface area contributed by atoms with Gasteiger partial charge in [-0.05, 0) is 19.1 Å². The summed E-state index contributed by atoms with van der Waals surface area (Å²) in [7, 11) is 0. The van der Waals surface area contributed by atoms with Gasteiger partial charge in [0.1, 0.15) is 11.3 Å². The van der Waals surface area contributed by atoms with Gasteiger partial charge in [0.25, 0.3) is 0 Å². The lowest BCUT2D eigenvalue weighted by Crippen LogP contribution is -2.08. The van der Waals surface area contributed by atoms with Crippen molar-refractivity contribution in [1.29, 1.82) is 0 Å². The molecule has 0 fully saturated rings. The van der Waals surface area contributed by atoms with Crippen LogP contribution >= 0.6 is 0 Å². The maximum Gasteiger partial charge on any atom is 0.342 e. The van der Waals surface area contributed by atoms with Crippen LogP contribution in [0.25, 0.3) is 0 Å². The topological polar surface area (TPSA) is 131 Å². The number of carboxylic acid groups (broad SMARTS) is 1. The highest BCUT2D eigenvalue weighted by Gasteiger charge is 2.24. The number of para-hydroxylation sites is 1. The number of hydrogen-bond acceptors (Lipinski definition) is 7. The van der Waals surface area contributed by atoms with Gasteiger partial charge < -0.3 is 14.9 Å². The zero-order valence-corrected chi connectivity index (χ0v) is 10.4. The van der Waals surface area contributed by atoms with Gasteiger partial charge in [0.2, 0.25) is 5.89 Å². The van der Waals surface area contributed by atoms with Gasteiger partial charge in [-0.15, -0.1) is 0 Å². The molecule has 0 bridgehead atoms. The van der Waals surface area contributed by atoms with Crippen LogP contribution in [0.4, 0.5) is 11.4 Å². The van der Waals surface area contributed by atoms with Crippen molar-refractivity contribution < 1.29 is 19.3 Å². The van der Waals surface area contributed by atoms with Crippen LogP contribution in [-0.4, -0.2) is 26.1 Å². The van der Waals surface area contributed by atoms with Gasteiger partial charge in [-0.2, -0.15) is 4.98 Å². The highest BCUT2D eigenvalue weighted by Crippen LogP contribution is 2.28. The van der Waals surface area contributed by atoms with Crippen molar-refractivity contribution in [2.45, 2.75) is 13.5 Å². The van der Waals surface area contributed by atoms with E-state index in [4.69, 9.17) is 9.63 Å². The summed E-state index contributed by atoms with van der Waals surface area (Å²) in [5.41, 5.74) is -0.816. The maximum atomic E-state index is 11.0. The molecular formula is C11H10N4O5. The first-order valence-electron chi connectivity index (χ1n) is 5.53. The SMILES string of the molecule is Cc1noc(CNc2cccc(C(=O)O)c2[N+](=O)[O-])n1. The fraction of sp³-hybridized carbons (Fsp3) is 0.182. The predicted molar refractivity (Wildman–Crippen MR) is 66.4 cm³/mol. The van der Waals surface area contributed by atoms with Gasteiger partial charge >= 0.3 is 11.7 Å². The van der Waals surface area contributed by atoms with Gasteiger partial charge in [-0.3, -0.25) is 10.1 Å². The number of aromatic nitrogens is 2. The molecule has 0 saturated carbocycles. The van der Waals surface area contributed by atoms with Crippen molar-refractivity contribution in [3.63, 3.8) is 0 Å². The molecular weight excluding hydrogens is 268 g/mol. The van der Waals surface area contributed by atoms with Gasteiger partial charge in [0.05, 0.1) is 11.5 Å². The number of rotatable bonds is 5. The maximum absolute atomic E-state index is 11.0. The Hall–Kier alpha value is -2.97. The fourth-order valence-corrected chi connectivity index (χ4v) is 1.64. The molecule has 9 heteroatoms. The van der Waals surface area contributed by atoms with Crippen LogP contribution in [0.5, 0.6) is 0 Å². The quantitative estimate of drug-likeness (QED) is 0.622. The summed E-state index contributed by atoms with van der Waals surface area (Å²) in [6.45, 7) is 1.70. The third-order valence-electron chi connectivity index (χ3n) is 2.45. The first-order valence-corrected chi connectivity index (χ1v) is 5.53. The summed E-state index contributed by atoms with van der Waals surface area (Å²) in [6.07, 6.45) is 0. The van der Waals surface area contributed by atoms with Crippen molar-refractivity contribution in [2.24, 2.45) is 0 Å². The zero-order valence-electron chi connectivity index (χ0n) is 10.4. The monoisotopic (exact) mass is 278 g/mol. The number of nitrogens with one attached hydrogen (secondary N) is 1. The standard InChI is InChI=1S/C11H10N4O5/c1-6-13-9(20-14-6)5-12-8-4-2-3-7(11(16)17)10(8)15(18)19/h2-4,12H,5H2,1H3,(H,16,17). The minimum atomic E-state index is -1.37. The Labute approximate surface area is 112 Å². The van der Waals surface area contributed by atoms with Crippen LogP contribution < -0.4 is 5.32 Å². The lowest BCUT2D eigenvalue weighted by Gasteiger charge is -2.06. The number of benzene rings is 1. The summed E-state index contributed by atoms with van der Waals surface area (Å²) in [6, 6.07) is 3.99. The van der Waals surface area contributed by atoms with Crippen LogP contribution in [-0.2, 0) is 6.54 Å². The second-order valence-electron chi connectivity index (χ2n) is 3.85. The predicted octanol–water partition coefficient (Wildman–Crippen LogP) is 1.60. The summed E-state index contributed by atoms with van der Waals surface area (Å²) >= 11 is 0. The van der Waals surface area contributed by atoms with Crippen molar-refractivity contribution >= 4 is 17.3 Å². The molecule has 0 amide bonds. The Kier molecular flexibility index (Phi) is 3.60. The molecule has 0 aliphatic heterocycles. The lowest BCUT2D eigenvalue weighted by atomic mass is 10.1. The number of carboxylic acids is 1. The minimum absolute atomic E-state index is 0.0603. The average molecular weight is 278 g/mol. The summed E-state index contributed by atoms with van der Waals surface area (Å²) in [4.78, 5) is 25.2. The first-order chi connectivity index (χ1) is 9.49. The van der Waals surface area contributed by atoms with E-state index < -0.39 is 16.6 Å². The highest BCUT2D eigenvalue weighted by atomic mass is 16.6. The van der Waals surface area contributed by atoms with Crippen molar-refractivity contribution in [3.8, 4) is 0 Å². The molecule has 104 valence electrons. The molecule has 20 heavy (non-hydrogen) atoms. The molecule has 0 spiro atoms. The Morgan fingerprint density at radius 1 is 1.55 bits per heavy atom. The molecule has 2 N–H and O–H groups in total. The van der Waals surface area contributed by atoms with Crippen LogP contribution in [0.15, 0.2) is 22.7 Å². The number of nitrogens with zero attached hydrogens (tertiary/aromatic N) is 3. The van der Waals surface area contributed by atoms with Crippen molar-refractivity contribution in [3.05, 3.63) is 45.6 Å². The van der Waals surface area contributed by atoms with Crippen molar-refractivity contribution in [2.75, 3.05) is 5.32 Å². The van der Waals surface area contributed by atoms with E-state index in [1.807, 2.05) is 0 Å². The van der Waals surface area contributed by atoms with E-state index in [2.05, 4.69) is 15.5 Å². The van der Waals surface area contributed by atoms with E-state index in [9.17, 15) is 14.9 Å². The molecule has 1 heterocycles. The number of nitro benzene ring substituents is 1. The minimum Gasteiger partial charge on any atom is -0.477 e. The third kappa shape index (κ3) is 2.71. The van der Waals surface area contributed by atoms with E-state index >= 15 is 0 Å². The number of anilines is 1. The Balaban J connectivity index is 2.29. The molecule has 1 aromatic heterocycles. The molecule has 0 aliphatic carbocycles. The fourth-order valence-electron chi connectivity index (χ4n) is 1.64. The molecule has 1 aromatic carbocycles. The van der Waals surface area contributed by atoms with E-state index in [1.54, 1.807) is 6.92 Å². The Morgan fingerprint density at radius 2 is 2.30 bits per heavy atom. The molecule has 2 aromatic rings. The second-order valence-corrected chi connectivity index (χ2v) is 3.85. The molecule has 9 nitrogen and oxygen atoms in total. The molecule has 0 atom stereocenters. The van der Waals surface area contributed by atoms with Gasteiger partial charge in [-0.1, -0.05) is 11.2 Å². The largest absolute Gasteiger partial charge is 0.477 e. The van der Waals surface area contributed by atoms with Gasteiger partial charge in [0, 0.05) is 0 Å². The van der Waals surface area contributed by atoms with E-state index in [0.29, 0.717) is 5.82 Å². The van der Waals surface area contributed by atoms with Gasteiger partial charge in [-0.25, -0.2) is 4.79 Å². The molecule has 0 saturated heterocycles. The Morgan fingerprint density at radius 3 is 2.85 bits per heavy atom. The van der Waals surface area contributed by atoms with Crippen LogP contribution in [0.2, 0.25) is 0 Å². The normalized spacial score (nSPS) is 10.2. The second kappa shape index (κ2) is 5.34. The molecule has 0 unspecified atom stereocenters. The number of carbonyl (C=O) groups is 1. The number of nitro groups is 1. The summed E-state index contributed by atoms with van der Waals surface area (Å²) in [5.74, 6) is -0.679. The number of aromatic carboxylic acids is 1. The highest BCUT2D eigenvalue weighted by molar-refractivity contribution is 5.95.